The summed E-state index contributed by atoms with van der Waals surface area (Å²) in [6.45, 7) is 0.775. The molecule has 1 fully saturated rings. The lowest BCUT2D eigenvalue weighted by Gasteiger charge is -1.95. The molecule has 1 saturated heterocycles. The van der Waals surface area contributed by atoms with Crippen LogP contribution in [0.3, 0.4) is 0 Å². The summed E-state index contributed by atoms with van der Waals surface area (Å²) in [7, 11) is 0. The van der Waals surface area contributed by atoms with Crippen molar-refractivity contribution in [2.75, 3.05) is 13.2 Å². The van der Waals surface area contributed by atoms with E-state index < -0.39 is 6.17 Å². The maximum absolute atomic E-state index is 12.1. The second kappa shape index (κ2) is 2.09. The highest BCUT2D eigenvalue weighted by molar-refractivity contribution is 9.09. The fourth-order valence-corrected chi connectivity index (χ4v) is 0.842. The zero-order chi connectivity index (χ0) is 5.28. The zero-order valence-corrected chi connectivity index (χ0v) is 5.32. The molecule has 1 aliphatic rings. The van der Waals surface area contributed by atoms with Gasteiger partial charge in [-0.1, -0.05) is 15.9 Å². The molecule has 1 rings (SSSR count). The second-order valence-corrected chi connectivity index (χ2v) is 2.75. The summed E-state index contributed by atoms with van der Waals surface area (Å²) >= 11 is 3.10. The lowest BCUT2D eigenvalue weighted by atomic mass is 10.3. The summed E-state index contributed by atoms with van der Waals surface area (Å²) in [6, 6.07) is 0. The molecule has 0 N–H and O–H groups in total. The topological polar surface area (TPSA) is 9.23 Å². The highest BCUT2D eigenvalue weighted by Crippen LogP contribution is 2.16. The van der Waals surface area contributed by atoms with Crippen molar-refractivity contribution in [1.82, 2.24) is 0 Å². The minimum atomic E-state index is -0.792. The predicted molar refractivity (Wildman–Crippen MR) is 28.4 cm³/mol. The highest BCUT2D eigenvalue weighted by Gasteiger charge is 2.24. The van der Waals surface area contributed by atoms with E-state index in [1.807, 2.05) is 0 Å². The first-order chi connectivity index (χ1) is 3.30. The van der Waals surface area contributed by atoms with Crippen molar-refractivity contribution < 1.29 is 9.13 Å². The molecular formula is C4H6BrFO. The molecular weight excluding hydrogens is 163 g/mol. The Hall–Kier alpha value is 0.370. The minimum absolute atomic E-state index is 0.0625. The zero-order valence-electron chi connectivity index (χ0n) is 3.73. The third-order valence-corrected chi connectivity index (χ3v) is 1.78. The van der Waals surface area contributed by atoms with Gasteiger partial charge in [0.1, 0.15) is 6.17 Å². The highest BCUT2D eigenvalue weighted by atomic mass is 79.9. The van der Waals surface area contributed by atoms with Gasteiger partial charge in [0.05, 0.1) is 18.0 Å². The van der Waals surface area contributed by atoms with Crippen LogP contribution in [0.4, 0.5) is 4.39 Å². The molecule has 0 saturated carbocycles. The molecule has 0 aromatic rings. The van der Waals surface area contributed by atoms with Crippen molar-refractivity contribution >= 4 is 15.9 Å². The Balaban J connectivity index is 2.33. The van der Waals surface area contributed by atoms with Crippen LogP contribution in [0.1, 0.15) is 0 Å². The maximum Gasteiger partial charge on any atom is 0.138 e. The van der Waals surface area contributed by atoms with Gasteiger partial charge in [0, 0.05) is 0 Å². The van der Waals surface area contributed by atoms with Crippen LogP contribution >= 0.6 is 15.9 Å². The first-order valence-electron chi connectivity index (χ1n) is 2.16. The van der Waals surface area contributed by atoms with E-state index in [-0.39, 0.29) is 11.4 Å². The van der Waals surface area contributed by atoms with Crippen LogP contribution in [0.15, 0.2) is 0 Å². The molecule has 0 aromatic carbocycles. The van der Waals surface area contributed by atoms with E-state index in [9.17, 15) is 4.39 Å². The SMILES string of the molecule is F[C@@H]1COC[C@@H]1Br. The van der Waals surface area contributed by atoms with E-state index in [0.717, 1.165) is 0 Å². The number of ether oxygens (including phenoxy) is 1. The van der Waals surface area contributed by atoms with Crippen LogP contribution in [-0.2, 0) is 4.74 Å². The number of hydrogen-bond donors (Lipinski definition) is 0. The van der Waals surface area contributed by atoms with Gasteiger partial charge in [0.25, 0.3) is 0 Å². The summed E-state index contributed by atoms with van der Waals surface area (Å²) in [5.41, 5.74) is 0. The van der Waals surface area contributed by atoms with Crippen molar-refractivity contribution in [3.63, 3.8) is 0 Å². The first-order valence-corrected chi connectivity index (χ1v) is 3.08. The van der Waals surface area contributed by atoms with Gasteiger partial charge in [-0.25, -0.2) is 4.39 Å². The molecule has 0 spiro atoms. The predicted octanol–water partition coefficient (Wildman–Crippen LogP) is 1.12. The third kappa shape index (κ3) is 1.13. The molecule has 1 heterocycles. The Morgan fingerprint density at radius 1 is 1.57 bits per heavy atom. The van der Waals surface area contributed by atoms with Crippen LogP contribution in [0, 0.1) is 0 Å². The lowest BCUT2D eigenvalue weighted by molar-refractivity contribution is 0.173. The third-order valence-electron chi connectivity index (χ3n) is 0.947. The number of alkyl halides is 2. The van der Waals surface area contributed by atoms with Gasteiger partial charge in [0.15, 0.2) is 0 Å². The van der Waals surface area contributed by atoms with E-state index in [1.165, 1.54) is 0 Å². The molecule has 7 heavy (non-hydrogen) atoms. The second-order valence-electron chi connectivity index (χ2n) is 1.57. The number of halogens is 2. The van der Waals surface area contributed by atoms with E-state index >= 15 is 0 Å². The standard InChI is InChI=1S/C4H6BrFO/c5-3-1-7-2-4(3)6/h3-4H,1-2H2/t3-,4+/m0/s1. The van der Waals surface area contributed by atoms with E-state index in [1.54, 1.807) is 0 Å². The Bertz CT molecular complexity index is 60.7. The number of hydrogen-bond acceptors (Lipinski definition) is 1. The first kappa shape index (κ1) is 5.51. The molecule has 3 heteroatoms. The quantitative estimate of drug-likeness (QED) is 0.493. The molecule has 0 radical (unpaired) electrons. The van der Waals surface area contributed by atoms with Crippen LogP contribution in [-0.4, -0.2) is 24.2 Å². The van der Waals surface area contributed by atoms with Gasteiger partial charge in [-0.2, -0.15) is 0 Å². The van der Waals surface area contributed by atoms with Gasteiger partial charge in [-0.3, -0.25) is 0 Å². The molecule has 1 aliphatic heterocycles. The van der Waals surface area contributed by atoms with Gasteiger partial charge < -0.3 is 4.74 Å². The van der Waals surface area contributed by atoms with Crippen LogP contribution in [0.5, 0.6) is 0 Å². The Morgan fingerprint density at radius 3 is 2.43 bits per heavy atom. The Labute approximate surface area is 50.0 Å². The molecule has 0 unspecified atom stereocenters. The minimum Gasteiger partial charge on any atom is -0.377 e. The molecule has 0 amide bonds. The Kier molecular flexibility index (Phi) is 1.65. The van der Waals surface area contributed by atoms with Crippen molar-refractivity contribution in [2.24, 2.45) is 0 Å². The van der Waals surface area contributed by atoms with E-state index in [4.69, 9.17) is 4.74 Å². The maximum atomic E-state index is 12.1. The van der Waals surface area contributed by atoms with Gasteiger partial charge in [-0.15, -0.1) is 0 Å². The van der Waals surface area contributed by atoms with E-state index in [2.05, 4.69) is 15.9 Å². The molecule has 2 atom stereocenters. The molecule has 1 nitrogen and oxygen atoms in total. The average Bonchev–Trinajstić information content (AvgIpc) is 1.91. The average molecular weight is 169 g/mol. The van der Waals surface area contributed by atoms with Crippen molar-refractivity contribution in [1.29, 1.82) is 0 Å². The van der Waals surface area contributed by atoms with Gasteiger partial charge in [-0.05, 0) is 0 Å². The van der Waals surface area contributed by atoms with Gasteiger partial charge in [0.2, 0.25) is 0 Å². The van der Waals surface area contributed by atoms with Crippen LogP contribution in [0.2, 0.25) is 0 Å². The normalized spacial score (nSPS) is 42.0. The van der Waals surface area contributed by atoms with Crippen molar-refractivity contribution in [3.05, 3.63) is 0 Å². The van der Waals surface area contributed by atoms with Crippen molar-refractivity contribution in [3.8, 4) is 0 Å². The summed E-state index contributed by atoms with van der Waals surface area (Å²) < 4.78 is 16.9. The van der Waals surface area contributed by atoms with Crippen molar-refractivity contribution in [2.45, 2.75) is 11.0 Å². The van der Waals surface area contributed by atoms with Gasteiger partial charge >= 0.3 is 0 Å². The monoisotopic (exact) mass is 168 g/mol. The Morgan fingerprint density at radius 2 is 2.29 bits per heavy atom. The molecule has 0 bridgehead atoms. The fourth-order valence-electron chi connectivity index (χ4n) is 0.502. The van der Waals surface area contributed by atoms with Crippen LogP contribution in [0.25, 0.3) is 0 Å². The summed E-state index contributed by atoms with van der Waals surface area (Å²) in [5.74, 6) is 0. The smallest absolute Gasteiger partial charge is 0.138 e. The molecule has 0 aliphatic carbocycles. The lowest BCUT2D eigenvalue weighted by Crippen LogP contribution is -2.10. The largest absolute Gasteiger partial charge is 0.377 e. The summed E-state index contributed by atoms with van der Waals surface area (Å²) in [4.78, 5) is -0.0625. The summed E-state index contributed by atoms with van der Waals surface area (Å²) in [6.07, 6.45) is -0.792. The summed E-state index contributed by atoms with van der Waals surface area (Å²) in [5, 5.41) is 0. The van der Waals surface area contributed by atoms with E-state index in [0.29, 0.717) is 6.61 Å². The number of rotatable bonds is 0. The van der Waals surface area contributed by atoms with Crippen LogP contribution < -0.4 is 0 Å². The fraction of sp³-hybridized carbons (Fsp3) is 1.00. The molecule has 0 aromatic heterocycles. The molecule has 42 valence electrons.